The Hall–Kier alpha value is -2.56. The van der Waals surface area contributed by atoms with E-state index in [1.54, 1.807) is 37.6 Å². The average Bonchev–Trinajstić information content (AvgIpc) is 2.65. The molecule has 0 bridgehead atoms. The predicted molar refractivity (Wildman–Crippen MR) is 121 cm³/mol. The van der Waals surface area contributed by atoms with Crippen molar-refractivity contribution in [3.63, 3.8) is 0 Å². The lowest BCUT2D eigenvalue weighted by Gasteiger charge is -2.14. The number of anilines is 5. The van der Waals surface area contributed by atoms with Crippen LogP contribution in [0.25, 0.3) is 0 Å². The molecule has 0 aliphatic heterocycles. The first-order valence-electron chi connectivity index (χ1n) is 8.12. The van der Waals surface area contributed by atoms with Crippen LogP contribution >= 0.6 is 28.3 Å². The number of halogens is 2. The fourth-order valence-electron chi connectivity index (χ4n) is 2.39. The molecular formula is C18H19BrClN5O3S. The van der Waals surface area contributed by atoms with E-state index in [1.165, 1.54) is 0 Å². The molecule has 11 heteroatoms. The van der Waals surface area contributed by atoms with Gasteiger partial charge in [-0.25, -0.2) is 13.4 Å². The summed E-state index contributed by atoms with van der Waals surface area (Å²) in [5.41, 5.74) is 1.68. The predicted octanol–water partition coefficient (Wildman–Crippen LogP) is 4.53. The molecule has 3 aromatic rings. The summed E-state index contributed by atoms with van der Waals surface area (Å²) in [6.07, 6.45) is 2.69. The number of methoxy groups -OCH3 is 1. The van der Waals surface area contributed by atoms with Crippen LogP contribution in [0.5, 0.6) is 5.75 Å². The highest BCUT2D eigenvalue weighted by Gasteiger charge is 2.12. The molecule has 0 saturated carbocycles. The molecule has 29 heavy (non-hydrogen) atoms. The molecule has 2 aromatic carbocycles. The first kappa shape index (κ1) is 22.7. The fourth-order valence-corrected chi connectivity index (χ4v) is 3.26. The number of hydrogen-bond acceptors (Lipinski definition) is 7. The Morgan fingerprint density at radius 3 is 2.24 bits per heavy atom. The van der Waals surface area contributed by atoms with Gasteiger partial charge < -0.3 is 15.4 Å². The normalized spacial score (nSPS) is 10.6. The molecule has 1 aromatic heterocycles. The average molecular weight is 501 g/mol. The smallest absolute Gasteiger partial charge is 0.229 e. The van der Waals surface area contributed by atoms with Crippen molar-refractivity contribution in [3.05, 3.63) is 59.2 Å². The van der Waals surface area contributed by atoms with Gasteiger partial charge in [0.1, 0.15) is 11.6 Å². The maximum absolute atomic E-state index is 11.6. The summed E-state index contributed by atoms with van der Waals surface area (Å²) < 4.78 is 31.6. The minimum Gasteiger partial charge on any atom is -0.495 e. The van der Waals surface area contributed by atoms with Crippen LogP contribution in [0.15, 0.2) is 59.2 Å². The van der Waals surface area contributed by atoms with Crippen LogP contribution in [0.2, 0.25) is 0 Å². The molecule has 0 unspecified atom stereocenters. The summed E-state index contributed by atoms with van der Waals surface area (Å²) in [5.74, 6) is 1.48. The molecule has 0 aliphatic carbocycles. The SMILES string of the molecule is COc1ccccc1Nc1ncc(Br)c(Nc2ccccc2NS(C)(=O)=O)n1.Cl. The van der Waals surface area contributed by atoms with E-state index < -0.39 is 10.0 Å². The molecule has 0 aliphatic rings. The molecular weight excluding hydrogens is 482 g/mol. The molecule has 0 saturated heterocycles. The number of ether oxygens (including phenoxy) is 1. The lowest BCUT2D eigenvalue weighted by Crippen LogP contribution is -2.11. The van der Waals surface area contributed by atoms with E-state index >= 15 is 0 Å². The molecule has 154 valence electrons. The molecule has 0 spiro atoms. The number of nitrogens with zero attached hydrogens (tertiary/aromatic N) is 2. The molecule has 0 atom stereocenters. The molecule has 0 fully saturated rings. The van der Waals surface area contributed by atoms with Crippen molar-refractivity contribution in [1.82, 2.24) is 9.97 Å². The third kappa shape index (κ3) is 6.21. The Morgan fingerprint density at radius 1 is 0.966 bits per heavy atom. The quantitative estimate of drug-likeness (QED) is 0.438. The highest BCUT2D eigenvalue weighted by Crippen LogP contribution is 2.31. The van der Waals surface area contributed by atoms with Gasteiger partial charge in [0.05, 0.1) is 34.9 Å². The Bertz CT molecular complexity index is 1100. The van der Waals surface area contributed by atoms with Gasteiger partial charge in [-0.2, -0.15) is 4.98 Å². The minimum atomic E-state index is -3.42. The molecule has 0 radical (unpaired) electrons. The Kier molecular flexibility index (Phi) is 7.66. The maximum Gasteiger partial charge on any atom is 0.229 e. The van der Waals surface area contributed by atoms with Crippen LogP contribution in [0, 0.1) is 0 Å². The van der Waals surface area contributed by atoms with Gasteiger partial charge in [-0.05, 0) is 40.2 Å². The summed E-state index contributed by atoms with van der Waals surface area (Å²) in [6.45, 7) is 0. The van der Waals surface area contributed by atoms with E-state index in [4.69, 9.17) is 4.74 Å². The third-order valence-corrected chi connectivity index (χ3v) is 4.74. The first-order chi connectivity index (χ1) is 13.4. The van der Waals surface area contributed by atoms with Gasteiger partial charge in [-0.3, -0.25) is 4.72 Å². The topological polar surface area (TPSA) is 105 Å². The molecule has 3 rings (SSSR count). The van der Waals surface area contributed by atoms with Gasteiger partial charge in [0.2, 0.25) is 16.0 Å². The second kappa shape index (κ2) is 9.77. The zero-order valence-corrected chi connectivity index (χ0v) is 18.7. The Balaban J connectivity index is 0.00000300. The number of nitrogens with one attached hydrogen (secondary N) is 3. The van der Waals surface area contributed by atoms with Crippen LogP contribution in [0.1, 0.15) is 0 Å². The van der Waals surface area contributed by atoms with Gasteiger partial charge in [0.15, 0.2) is 0 Å². The van der Waals surface area contributed by atoms with Crippen LogP contribution in [-0.2, 0) is 10.0 Å². The van der Waals surface area contributed by atoms with E-state index in [9.17, 15) is 8.42 Å². The number of sulfonamides is 1. The maximum atomic E-state index is 11.6. The summed E-state index contributed by atoms with van der Waals surface area (Å²) in [4.78, 5) is 8.72. The molecule has 1 heterocycles. The van der Waals surface area contributed by atoms with E-state index in [2.05, 4.69) is 41.3 Å². The zero-order valence-electron chi connectivity index (χ0n) is 15.5. The molecule has 8 nitrogen and oxygen atoms in total. The van der Waals surface area contributed by atoms with Crippen LogP contribution in [-0.4, -0.2) is 31.8 Å². The highest BCUT2D eigenvalue weighted by molar-refractivity contribution is 9.10. The van der Waals surface area contributed by atoms with Crippen LogP contribution < -0.4 is 20.1 Å². The monoisotopic (exact) mass is 499 g/mol. The lowest BCUT2D eigenvalue weighted by molar-refractivity contribution is 0.417. The van der Waals surface area contributed by atoms with Gasteiger partial charge >= 0.3 is 0 Å². The van der Waals surface area contributed by atoms with E-state index in [0.29, 0.717) is 33.4 Å². The number of benzene rings is 2. The summed E-state index contributed by atoms with van der Waals surface area (Å²) in [5, 5.41) is 6.23. The van der Waals surface area contributed by atoms with Crippen molar-refractivity contribution >= 4 is 67.2 Å². The van der Waals surface area contributed by atoms with Crippen molar-refractivity contribution in [1.29, 1.82) is 0 Å². The van der Waals surface area contributed by atoms with E-state index in [0.717, 1.165) is 11.9 Å². The highest BCUT2D eigenvalue weighted by atomic mass is 79.9. The van der Waals surface area contributed by atoms with Crippen LogP contribution in [0.4, 0.5) is 28.8 Å². The minimum absolute atomic E-state index is 0. The van der Waals surface area contributed by atoms with Crippen molar-refractivity contribution in [3.8, 4) is 5.75 Å². The summed E-state index contributed by atoms with van der Waals surface area (Å²) in [6, 6.07) is 14.3. The van der Waals surface area contributed by atoms with Gasteiger partial charge in [0.25, 0.3) is 0 Å². The van der Waals surface area contributed by atoms with Crippen molar-refractivity contribution in [2.45, 2.75) is 0 Å². The second-order valence-electron chi connectivity index (χ2n) is 5.76. The molecule has 3 N–H and O–H groups in total. The van der Waals surface area contributed by atoms with Crippen molar-refractivity contribution < 1.29 is 13.2 Å². The van der Waals surface area contributed by atoms with Crippen molar-refractivity contribution in [2.75, 3.05) is 28.7 Å². The number of rotatable bonds is 7. The van der Waals surface area contributed by atoms with E-state index in [-0.39, 0.29) is 12.4 Å². The third-order valence-electron chi connectivity index (χ3n) is 3.57. The number of hydrogen-bond donors (Lipinski definition) is 3. The number of aromatic nitrogens is 2. The first-order valence-corrected chi connectivity index (χ1v) is 10.8. The Labute approximate surface area is 183 Å². The standard InChI is InChI=1S/C18H18BrN5O3S.ClH/c1-27-16-10-6-5-9-15(16)22-18-20-11-12(19)17(23-18)21-13-7-3-4-8-14(13)24-28(2,25)26;/h3-11,24H,1-2H3,(H2,20,21,22,23);1H. The second-order valence-corrected chi connectivity index (χ2v) is 8.36. The van der Waals surface area contributed by atoms with Crippen LogP contribution in [0.3, 0.4) is 0 Å². The summed E-state index contributed by atoms with van der Waals surface area (Å²) in [7, 11) is -1.83. The Morgan fingerprint density at radius 2 is 1.59 bits per heavy atom. The van der Waals surface area contributed by atoms with Crippen molar-refractivity contribution in [2.24, 2.45) is 0 Å². The van der Waals surface area contributed by atoms with Gasteiger partial charge in [0, 0.05) is 6.20 Å². The van der Waals surface area contributed by atoms with E-state index in [1.807, 2.05) is 24.3 Å². The zero-order chi connectivity index (χ0) is 20.1. The lowest BCUT2D eigenvalue weighted by atomic mass is 10.2. The van der Waals surface area contributed by atoms with Gasteiger partial charge in [-0.15, -0.1) is 12.4 Å². The van der Waals surface area contributed by atoms with Gasteiger partial charge in [-0.1, -0.05) is 24.3 Å². The fraction of sp³-hybridized carbons (Fsp3) is 0.111. The largest absolute Gasteiger partial charge is 0.495 e. The molecule has 0 amide bonds. The number of para-hydroxylation sites is 4. The summed E-state index contributed by atoms with van der Waals surface area (Å²) >= 11 is 3.41.